The summed E-state index contributed by atoms with van der Waals surface area (Å²) in [6.45, 7) is 3.20. The molecule has 0 spiro atoms. The van der Waals surface area contributed by atoms with Crippen LogP contribution in [0.3, 0.4) is 0 Å². The number of terminal acetylenes is 1. The number of hydrogen-bond donors (Lipinski definition) is 0. The zero-order chi connectivity index (χ0) is 15.0. The van der Waals surface area contributed by atoms with Crippen molar-refractivity contribution in [3.05, 3.63) is 28.9 Å². The monoisotopic (exact) mass is 301 g/mol. The van der Waals surface area contributed by atoms with Gasteiger partial charge < -0.3 is 4.90 Å². The molecule has 1 fully saturated rings. The van der Waals surface area contributed by atoms with Crippen molar-refractivity contribution in [3.63, 3.8) is 0 Å². The Balaban J connectivity index is 2.10. The fourth-order valence-corrected chi connectivity index (χ4v) is 3.11. The van der Waals surface area contributed by atoms with Crippen molar-refractivity contribution in [2.45, 2.75) is 19.8 Å². The lowest BCUT2D eigenvalue weighted by atomic mass is 9.97. The van der Waals surface area contributed by atoms with Crippen LogP contribution in [-0.2, 0) is 0 Å². The van der Waals surface area contributed by atoms with Gasteiger partial charge in [-0.3, -0.25) is 4.79 Å². The van der Waals surface area contributed by atoms with E-state index in [1.807, 2.05) is 6.07 Å². The number of ketones is 1. The van der Waals surface area contributed by atoms with E-state index in [2.05, 4.69) is 15.9 Å². The fraction of sp³-hybridized carbons (Fsp3) is 0.375. The van der Waals surface area contributed by atoms with Crippen LogP contribution in [0.2, 0.25) is 5.02 Å². The number of nitrogens with zero attached hydrogens (tertiary/aromatic N) is 3. The molecule has 1 saturated heterocycles. The van der Waals surface area contributed by atoms with Gasteiger partial charge in [0.1, 0.15) is 5.82 Å². The first-order valence-electron chi connectivity index (χ1n) is 7.00. The molecule has 0 radical (unpaired) electrons. The maximum atomic E-state index is 12.0. The number of anilines is 1. The van der Waals surface area contributed by atoms with Gasteiger partial charge in [0.25, 0.3) is 0 Å². The van der Waals surface area contributed by atoms with Crippen molar-refractivity contribution in [1.29, 1.82) is 0 Å². The second kappa shape index (κ2) is 5.42. The van der Waals surface area contributed by atoms with Gasteiger partial charge in [0.05, 0.1) is 22.3 Å². The second-order valence-electron chi connectivity index (χ2n) is 5.34. The number of pyridine rings is 1. The van der Waals surface area contributed by atoms with E-state index < -0.39 is 0 Å². The van der Waals surface area contributed by atoms with Crippen LogP contribution < -0.4 is 4.90 Å². The number of rotatable bonds is 2. The second-order valence-corrected chi connectivity index (χ2v) is 5.75. The zero-order valence-corrected chi connectivity index (χ0v) is 12.6. The molecule has 1 aliphatic rings. The predicted molar refractivity (Wildman–Crippen MR) is 84.0 cm³/mol. The fourth-order valence-electron chi connectivity index (χ4n) is 2.85. The summed E-state index contributed by atoms with van der Waals surface area (Å²) in [5.41, 5.74) is 1.42. The van der Waals surface area contributed by atoms with Crippen molar-refractivity contribution < 1.29 is 4.79 Å². The van der Waals surface area contributed by atoms with Crippen LogP contribution in [0.15, 0.2) is 18.3 Å². The Hall–Kier alpha value is -1.99. The van der Waals surface area contributed by atoms with Gasteiger partial charge in [-0.1, -0.05) is 11.6 Å². The summed E-state index contributed by atoms with van der Waals surface area (Å²) < 4.78 is 1.76. The third-order valence-corrected chi connectivity index (χ3v) is 4.31. The molecule has 2 aromatic heterocycles. The lowest BCUT2D eigenvalue weighted by Gasteiger charge is -2.32. The number of carbonyl (C=O) groups is 1. The third-order valence-electron chi connectivity index (χ3n) is 4.01. The molecule has 0 N–H and O–H groups in total. The van der Waals surface area contributed by atoms with Crippen molar-refractivity contribution in [1.82, 2.24) is 9.61 Å². The van der Waals surface area contributed by atoms with Crippen LogP contribution in [0.4, 0.5) is 5.82 Å². The molecule has 0 atom stereocenters. The first-order chi connectivity index (χ1) is 10.1. The number of aromatic nitrogens is 2. The van der Waals surface area contributed by atoms with E-state index in [1.165, 1.54) is 0 Å². The molecule has 0 bridgehead atoms. The van der Waals surface area contributed by atoms with Crippen LogP contribution in [-0.4, -0.2) is 28.5 Å². The van der Waals surface area contributed by atoms with Gasteiger partial charge in [-0.05, 0) is 31.9 Å². The van der Waals surface area contributed by atoms with Crippen molar-refractivity contribution in [3.8, 4) is 12.3 Å². The minimum absolute atomic E-state index is 0.0108. The minimum Gasteiger partial charge on any atom is -0.356 e. The Morgan fingerprint density at radius 2 is 2.19 bits per heavy atom. The Morgan fingerprint density at radius 3 is 2.81 bits per heavy atom. The Morgan fingerprint density at radius 1 is 1.48 bits per heavy atom. The van der Waals surface area contributed by atoms with Gasteiger partial charge in [-0.15, -0.1) is 12.3 Å². The highest BCUT2D eigenvalue weighted by Gasteiger charge is 2.24. The van der Waals surface area contributed by atoms with Gasteiger partial charge in [0, 0.05) is 19.0 Å². The summed E-state index contributed by atoms with van der Waals surface area (Å²) in [6, 6.07) is 3.59. The number of fused-ring (bicyclic) bond motifs is 1. The summed E-state index contributed by atoms with van der Waals surface area (Å²) in [6.07, 6.45) is 9.06. The third kappa shape index (κ3) is 2.38. The molecule has 0 unspecified atom stereocenters. The highest BCUT2D eigenvalue weighted by Crippen LogP contribution is 2.31. The molecule has 21 heavy (non-hydrogen) atoms. The van der Waals surface area contributed by atoms with Crippen molar-refractivity contribution in [2.75, 3.05) is 18.0 Å². The number of piperidine rings is 1. The molecule has 1 aliphatic heterocycles. The number of Topliss-reactive ketones (excluding diaryl/α,β-unsaturated/α-hetero) is 1. The van der Waals surface area contributed by atoms with E-state index in [0.717, 1.165) is 37.3 Å². The average Bonchev–Trinajstić information content (AvgIpc) is 2.97. The smallest absolute Gasteiger partial charge is 0.163 e. The molecule has 0 aromatic carbocycles. The molecule has 0 aliphatic carbocycles. The van der Waals surface area contributed by atoms with Gasteiger partial charge in [-0.25, -0.2) is 4.52 Å². The zero-order valence-electron chi connectivity index (χ0n) is 11.8. The van der Waals surface area contributed by atoms with Crippen LogP contribution in [0.5, 0.6) is 0 Å². The van der Waals surface area contributed by atoms with E-state index in [0.29, 0.717) is 16.5 Å². The van der Waals surface area contributed by atoms with Crippen LogP contribution in [0.1, 0.15) is 30.1 Å². The molecule has 3 rings (SSSR count). The van der Waals surface area contributed by atoms with Crippen LogP contribution >= 0.6 is 11.6 Å². The standard InChI is InChI=1S/C16H16ClN3O/c1-3-12-5-8-19(9-6-12)16-13(11(2)21)10-14(17)15-4-7-18-20(15)16/h1,4,7,10,12H,5-6,8-9H2,2H3. The molecule has 2 aromatic rings. The number of carbonyl (C=O) groups excluding carboxylic acids is 1. The van der Waals surface area contributed by atoms with Gasteiger partial charge in [0.2, 0.25) is 0 Å². The van der Waals surface area contributed by atoms with Crippen LogP contribution in [0, 0.1) is 18.3 Å². The summed E-state index contributed by atoms with van der Waals surface area (Å²) in [5.74, 6) is 3.95. The first-order valence-corrected chi connectivity index (χ1v) is 7.38. The van der Waals surface area contributed by atoms with Crippen LogP contribution in [0.25, 0.3) is 5.52 Å². The molecule has 0 amide bonds. The van der Waals surface area contributed by atoms with Crippen molar-refractivity contribution in [2.24, 2.45) is 5.92 Å². The first kappa shape index (κ1) is 14.0. The van der Waals surface area contributed by atoms with Gasteiger partial charge >= 0.3 is 0 Å². The highest BCUT2D eigenvalue weighted by atomic mass is 35.5. The summed E-state index contributed by atoms with van der Waals surface area (Å²) in [4.78, 5) is 14.2. The molecule has 4 nitrogen and oxygen atoms in total. The van der Waals surface area contributed by atoms with E-state index in [4.69, 9.17) is 18.0 Å². The van der Waals surface area contributed by atoms with Crippen molar-refractivity contribution >= 4 is 28.7 Å². The topological polar surface area (TPSA) is 37.6 Å². The average molecular weight is 302 g/mol. The molecular formula is C16H16ClN3O. The quantitative estimate of drug-likeness (QED) is 0.632. The van der Waals surface area contributed by atoms with E-state index >= 15 is 0 Å². The molecule has 0 saturated carbocycles. The molecule has 108 valence electrons. The maximum Gasteiger partial charge on any atom is 0.163 e. The van der Waals surface area contributed by atoms with E-state index in [-0.39, 0.29) is 5.78 Å². The largest absolute Gasteiger partial charge is 0.356 e. The highest BCUT2D eigenvalue weighted by molar-refractivity contribution is 6.34. The lowest BCUT2D eigenvalue weighted by Crippen LogP contribution is -2.35. The van der Waals surface area contributed by atoms with Gasteiger partial charge in [-0.2, -0.15) is 5.10 Å². The summed E-state index contributed by atoms with van der Waals surface area (Å²) in [5, 5.41) is 4.88. The Labute approximate surface area is 128 Å². The lowest BCUT2D eigenvalue weighted by molar-refractivity contribution is 0.101. The summed E-state index contributed by atoms with van der Waals surface area (Å²) >= 11 is 6.25. The Kier molecular flexibility index (Phi) is 3.60. The number of halogens is 1. The van der Waals surface area contributed by atoms with E-state index in [9.17, 15) is 4.79 Å². The molecular weight excluding hydrogens is 286 g/mol. The van der Waals surface area contributed by atoms with E-state index in [1.54, 1.807) is 23.7 Å². The molecule has 3 heterocycles. The number of hydrogen-bond acceptors (Lipinski definition) is 3. The normalized spacial score (nSPS) is 16.1. The minimum atomic E-state index is -0.0108. The van der Waals surface area contributed by atoms with Gasteiger partial charge in [0.15, 0.2) is 5.78 Å². The summed E-state index contributed by atoms with van der Waals surface area (Å²) in [7, 11) is 0. The maximum absolute atomic E-state index is 12.0. The predicted octanol–water partition coefficient (Wildman–Crippen LogP) is 3.04. The Bertz CT molecular complexity index is 736. The molecule has 5 heteroatoms. The SMILES string of the molecule is C#CC1CCN(c2c(C(C)=O)cc(Cl)c3ccnn23)CC1.